The van der Waals surface area contributed by atoms with E-state index in [-0.39, 0.29) is 0 Å². The molecule has 110 valence electrons. The number of hydrogen-bond donors (Lipinski definition) is 1. The van der Waals surface area contributed by atoms with Crippen LogP contribution in [0.2, 0.25) is 5.02 Å². The molecule has 0 atom stereocenters. The van der Waals surface area contributed by atoms with Crippen molar-refractivity contribution in [2.24, 2.45) is 0 Å². The predicted octanol–water partition coefficient (Wildman–Crippen LogP) is 5.36. The second-order valence-electron chi connectivity index (χ2n) is 5.76. The van der Waals surface area contributed by atoms with Gasteiger partial charge in [0.25, 0.3) is 0 Å². The van der Waals surface area contributed by atoms with Gasteiger partial charge in [-0.1, -0.05) is 35.5 Å². The van der Waals surface area contributed by atoms with Crippen molar-refractivity contribution >= 4 is 23.4 Å². The van der Waals surface area contributed by atoms with Crippen molar-refractivity contribution in [2.45, 2.75) is 49.1 Å². The standard InChI is InChI=1S/C18H20ClNS/c1-12-3-7-16(9-13(12)2)21-17-8-4-14(18(19)10-17)11-20-15-5-6-15/h3-4,7-10,15,20H,5-6,11H2,1-2H3. The third-order valence-electron chi connectivity index (χ3n) is 3.90. The summed E-state index contributed by atoms with van der Waals surface area (Å²) in [6.45, 7) is 5.17. The molecule has 0 aliphatic heterocycles. The normalized spacial score (nSPS) is 14.4. The molecule has 1 nitrogen and oxygen atoms in total. The maximum atomic E-state index is 6.40. The van der Waals surface area contributed by atoms with E-state index in [0.717, 1.165) is 11.6 Å². The van der Waals surface area contributed by atoms with Crippen molar-refractivity contribution in [1.29, 1.82) is 0 Å². The lowest BCUT2D eigenvalue weighted by Gasteiger charge is -2.09. The molecule has 3 rings (SSSR count). The van der Waals surface area contributed by atoms with E-state index in [9.17, 15) is 0 Å². The first kappa shape index (κ1) is 15.0. The molecular weight excluding hydrogens is 298 g/mol. The van der Waals surface area contributed by atoms with Crippen molar-refractivity contribution in [1.82, 2.24) is 5.32 Å². The lowest BCUT2D eigenvalue weighted by Crippen LogP contribution is -2.15. The van der Waals surface area contributed by atoms with E-state index in [4.69, 9.17) is 11.6 Å². The second-order valence-corrected chi connectivity index (χ2v) is 7.31. The third-order valence-corrected chi connectivity index (χ3v) is 5.23. The Balaban J connectivity index is 1.70. The topological polar surface area (TPSA) is 12.0 Å². The van der Waals surface area contributed by atoms with Gasteiger partial charge in [-0.05, 0) is 67.6 Å². The van der Waals surface area contributed by atoms with Gasteiger partial charge in [0, 0.05) is 27.4 Å². The smallest absolute Gasteiger partial charge is 0.0462 e. The van der Waals surface area contributed by atoms with Crippen LogP contribution in [-0.4, -0.2) is 6.04 Å². The fraction of sp³-hybridized carbons (Fsp3) is 0.333. The van der Waals surface area contributed by atoms with E-state index < -0.39 is 0 Å². The van der Waals surface area contributed by atoms with Gasteiger partial charge in [-0.15, -0.1) is 0 Å². The number of aryl methyl sites for hydroxylation is 2. The Morgan fingerprint density at radius 1 is 1.05 bits per heavy atom. The van der Waals surface area contributed by atoms with Crippen LogP contribution in [-0.2, 0) is 6.54 Å². The molecule has 0 radical (unpaired) electrons. The molecule has 0 spiro atoms. The molecule has 0 amide bonds. The summed E-state index contributed by atoms with van der Waals surface area (Å²) in [5.74, 6) is 0. The second kappa shape index (κ2) is 6.43. The highest BCUT2D eigenvalue weighted by Gasteiger charge is 2.20. The minimum absolute atomic E-state index is 0.714. The van der Waals surface area contributed by atoms with Crippen LogP contribution in [0.5, 0.6) is 0 Å². The number of rotatable bonds is 5. The molecule has 0 heterocycles. The van der Waals surface area contributed by atoms with Gasteiger partial charge in [0.1, 0.15) is 0 Å². The quantitative estimate of drug-likeness (QED) is 0.796. The minimum atomic E-state index is 0.714. The van der Waals surface area contributed by atoms with Gasteiger partial charge in [-0.25, -0.2) is 0 Å². The van der Waals surface area contributed by atoms with Gasteiger partial charge < -0.3 is 5.32 Å². The number of benzene rings is 2. The summed E-state index contributed by atoms with van der Waals surface area (Å²) in [5.41, 5.74) is 3.85. The average Bonchev–Trinajstić information content (AvgIpc) is 3.26. The first-order chi connectivity index (χ1) is 10.1. The first-order valence-corrected chi connectivity index (χ1v) is 8.58. The maximum Gasteiger partial charge on any atom is 0.0462 e. The molecule has 0 bridgehead atoms. The van der Waals surface area contributed by atoms with Gasteiger partial charge in [0.15, 0.2) is 0 Å². The summed E-state index contributed by atoms with van der Waals surface area (Å²) in [7, 11) is 0. The molecule has 1 aliphatic carbocycles. The van der Waals surface area contributed by atoms with Crippen LogP contribution >= 0.6 is 23.4 Å². The van der Waals surface area contributed by atoms with Crippen LogP contribution in [0.15, 0.2) is 46.2 Å². The monoisotopic (exact) mass is 317 g/mol. The Kier molecular flexibility index (Phi) is 4.58. The van der Waals surface area contributed by atoms with Gasteiger partial charge in [-0.2, -0.15) is 0 Å². The summed E-state index contributed by atoms with van der Waals surface area (Å²) >= 11 is 8.17. The predicted molar refractivity (Wildman–Crippen MR) is 91.4 cm³/mol. The van der Waals surface area contributed by atoms with Gasteiger partial charge in [-0.3, -0.25) is 0 Å². The van der Waals surface area contributed by atoms with E-state index in [2.05, 4.69) is 55.6 Å². The average molecular weight is 318 g/mol. The zero-order valence-corrected chi connectivity index (χ0v) is 14.0. The third kappa shape index (κ3) is 4.03. The SMILES string of the molecule is Cc1ccc(Sc2ccc(CNC3CC3)c(Cl)c2)cc1C. The molecule has 0 saturated heterocycles. The molecule has 1 saturated carbocycles. The highest BCUT2D eigenvalue weighted by Crippen LogP contribution is 2.32. The van der Waals surface area contributed by atoms with Crippen LogP contribution in [0.4, 0.5) is 0 Å². The van der Waals surface area contributed by atoms with Gasteiger partial charge in [0.05, 0.1) is 0 Å². The zero-order chi connectivity index (χ0) is 14.8. The molecule has 1 aliphatic rings. The van der Waals surface area contributed by atoms with Crippen LogP contribution in [0.25, 0.3) is 0 Å². The summed E-state index contributed by atoms with van der Waals surface area (Å²) in [5, 5.41) is 4.36. The summed E-state index contributed by atoms with van der Waals surface area (Å²) < 4.78 is 0. The Morgan fingerprint density at radius 3 is 2.43 bits per heavy atom. The lowest BCUT2D eigenvalue weighted by atomic mass is 10.1. The largest absolute Gasteiger partial charge is 0.310 e. The number of hydrogen-bond acceptors (Lipinski definition) is 2. The fourth-order valence-electron chi connectivity index (χ4n) is 2.19. The maximum absolute atomic E-state index is 6.40. The van der Waals surface area contributed by atoms with Crippen molar-refractivity contribution in [3.8, 4) is 0 Å². The van der Waals surface area contributed by atoms with E-state index in [1.54, 1.807) is 11.8 Å². The molecule has 1 N–H and O–H groups in total. The van der Waals surface area contributed by atoms with Crippen molar-refractivity contribution in [3.63, 3.8) is 0 Å². The summed E-state index contributed by atoms with van der Waals surface area (Å²) in [6.07, 6.45) is 2.61. The molecule has 2 aromatic carbocycles. The highest BCUT2D eigenvalue weighted by molar-refractivity contribution is 7.99. The van der Waals surface area contributed by atoms with Crippen molar-refractivity contribution in [2.75, 3.05) is 0 Å². The first-order valence-electron chi connectivity index (χ1n) is 7.39. The fourth-order valence-corrected chi connectivity index (χ4v) is 3.46. The van der Waals surface area contributed by atoms with E-state index in [0.29, 0.717) is 6.04 Å². The summed E-state index contributed by atoms with van der Waals surface area (Å²) in [6, 6.07) is 13.7. The molecular formula is C18H20ClNS. The van der Waals surface area contributed by atoms with Crippen molar-refractivity contribution in [3.05, 3.63) is 58.1 Å². The molecule has 1 fully saturated rings. The van der Waals surface area contributed by atoms with Crippen LogP contribution in [0.3, 0.4) is 0 Å². The molecule has 21 heavy (non-hydrogen) atoms. The van der Waals surface area contributed by atoms with Crippen molar-refractivity contribution < 1.29 is 0 Å². The molecule has 0 unspecified atom stereocenters. The zero-order valence-electron chi connectivity index (χ0n) is 12.4. The van der Waals surface area contributed by atoms with Gasteiger partial charge >= 0.3 is 0 Å². The minimum Gasteiger partial charge on any atom is -0.310 e. The van der Waals surface area contributed by atoms with E-state index >= 15 is 0 Å². The Morgan fingerprint density at radius 2 is 1.76 bits per heavy atom. The Labute approximate surface area is 136 Å². The van der Waals surface area contributed by atoms with E-state index in [1.165, 1.54) is 39.3 Å². The lowest BCUT2D eigenvalue weighted by molar-refractivity contribution is 0.687. The Bertz CT molecular complexity index is 650. The van der Waals surface area contributed by atoms with E-state index in [1.807, 2.05) is 0 Å². The summed E-state index contributed by atoms with van der Waals surface area (Å²) in [4.78, 5) is 2.46. The van der Waals surface area contributed by atoms with Crippen LogP contribution < -0.4 is 5.32 Å². The number of halogens is 1. The van der Waals surface area contributed by atoms with Gasteiger partial charge in [0.2, 0.25) is 0 Å². The van der Waals surface area contributed by atoms with Crippen LogP contribution in [0.1, 0.15) is 29.5 Å². The Hall–Kier alpha value is -0.960. The molecule has 0 aromatic heterocycles. The van der Waals surface area contributed by atoms with Crippen LogP contribution in [0, 0.1) is 13.8 Å². The molecule has 2 aromatic rings. The number of nitrogens with one attached hydrogen (secondary N) is 1. The highest BCUT2D eigenvalue weighted by atomic mass is 35.5. The molecule has 3 heteroatoms.